The summed E-state index contributed by atoms with van der Waals surface area (Å²) in [6.07, 6.45) is 2.64. The lowest BCUT2D eigenvalue weighted by atomic mass is 10.0. The highest BCUT2D eigenvalue weighted by Gasteiger charge is 2.68. The number of piperidine rings is 1. The summed E-state index contributed by atoms with van der Waals surface area (Å²) >= 11 is 0. The van der Waals surface area contributed by atoms with Crippen LogP contribution in [-0.4, -0.2) is 46.7 Å². The Morgan fingerprint density at radius 2 is 1.69 bits per heavy atom. The summed E-state index contributed by atoms with van der Waals surface area (Å²) in [5.41, 5.74) is 0.907. The van der Waals surface area contributed by atoms with E-state index in [-0.39, 0.29) is 34.6 Å². The average molecular weight is 439 g/mol. The summed E-state index contributed by atoms with van der Waals surface area (Å²) in [7, 11) is 1.53. The van der Waals surface area contributed by atoms with Crippen molar-refractivity contribution >= 4 is 17.6 Å². The number of benzene rings is 1. The fourth-order valence-corrected chi connectivity index (χ4v) is 5.25. The van der Waals surface area contributed by atoms with E-state index in [9.17, 15) is 9.59 Å². The van der Waals surface area contributed by atoms with E-state index in [1.165, 1.54) is 7.11 Å². The maximum absolute atomic E-state index is 13.1. The van der Waals surface area contributed by atoms with Crippen LogP contribution in [0.3, 0.4) is 0 Å². The van der Waals surface area contributed by atoms with E-state index in [4.69, 9.17) is 4.74 Å². The Labute approximate surface area is 190 Å². The Morgan fingerprint density at radius 3 is 2.25 bits per heavy atom. The van der Waals surface area contributed by atoms with Crippen LogP contribution in [0.4, 0.5) is 5.82 Å². The van der Waals surface area contributed by atoms with Gasteiger partial charge in [-0.15, -0.1) is 0 Å². The first kappa shape index (κ1) is 22.5. The molecule has 0 bridgehead atoms. The molecule has 0 unspecified atom stereocenters. The molecular formula is C25H34N4O3. The Balaban J connectivity index is 1.38. The zero-order chi connectivity index (χ0) is 23.1. The minimum Gasteiger partial charge on any atom is -0.367 e. The predicted molar refractivity (Wildman–Crippen MR) is 123 cm³/mol. The van der Waals surface area contributed by atoms with Crippen molar-refractivity contribution in [1.29, 1.82) is 0 Å². The van der Waals surface area contributed by atoms with Crippen LogP contribution in [0.25, 0.3) is 0 Å². The van der Waals surface area contributed by atoms with E-state index in [1.54, 1.807) is 6.20 Å². The number of nitrogens with zero attached hydrogens (tertiary/aromatic N) is 3. The first-order valence-corrected chi connectivity index (χ1v) is 11.4. The van der Waals surface area contributed by atoms with Crippen molar-refractivity contribution in [2.45, 2.75) is 52.7 Å². The van der Waals surface area contributed by atoms with Crippen LogP contribution in [0.1, 0.15) is 58.2 Å². The van der Waals surface area contributed by atoms with Gasteiger partial charge in [-0.25, -0.2) is 4.68 Å². The van der Waals surface area contributed by atoms with Gasteiger partial charge in [0.1, 0.15) is 5.82 Å². The number of ether oxygens (including phenoxy) is 1. The van der Waals surface area contributed by atoms with Crippen LogP contribution in [0, 0.1) is 16.7 Å². The van der Waals surface area contributed by atoms with E-state index in [2.05, 4.69) is 38.1 Å². The Morgan fingerprint density at radius 1 is 1.06 bits per heavy atom. The molecular weight excluding hydrogens is 404 g/mol. The molecule has 1 aromatic carbocycles. The third-order valence-corrected chi connectivity index (χ3v) is 7.89. The van der Waals surface area contributed by atoms with Gasteiger partial charge in [-0.1, -0.05) is 58.0 Å². The predicted octanol–water partition coefficient (Wildman–Crippen LogP) is 4.06. The second kappa shape index (κ2) is 8.35. The minimum atomic E-state index is -0.690. The standard InChI is InChI=1S/C25H34N4O3/c1-24(2)21(25(24,3)4)23(31)28-15-12-18(13-16-28)29-19(11-14-26-29)27-22(30)20(32-5)17-9-7-6-8-10-17/h6-11,14,18,20-21H,12-13,15-16H2,1-5H3,(H,27,30)/t20-/m1/s1. The summed E-state index contributed by atoms with van der Waals surface area (Å²) in [4.78, 5) is 28.0. The molecule has 4 rings (SSSR count). The van der Waals surface area contributed by atoms with Crippen molar-refractivity contribution in [3.8, 4) is 0 Å². The summed E-state index contributed by atoms with van der Waals surface area (Å²) < 4.78 is 7.33. The number of hydrogen-bond acceptors (Lipinski definition) is 4. The molecule has 172 valence electrons. The number of rotatable bonds is 6. The molecule has 1 aliphatic heterocycles. The molecule has 1 atom stereocenters. The molecule has 0 spiro atoms. The van der Waals surface area contributed by atoms with E-state index in [0.29, 0.717) is 18.9 Å². The zero-order valence-corrected chi connectivity index (χ0v) is 19.7. The van der Waals surface area contributed by atoms with E-state index < -0.39 is 6.10 Å². The number of likely N-dealkylation sites (tertiary alicyclic amines) is 1. The van der Waals surface area contributed by atoms with Crippen LogP contribution >= 0.6 is 0 Å². The fourth-order valence-electron chi connectivity index (χ4n) is 5.25. The largest absolute Gasteiger partial charge is 0.367 e. The van der Waals surface area contributed by atoms with Gasteiger partial charge in [0.25, 0.3) is 5.91 Å². The second-order valence-electron chi connectivity index (χ2n) is 10.1. The number of carbonyl (C=O) groups excluding carboxylic acids is 2. The molecule has 2 heterocycles. The molecule has 1 aliphatic carbocycles. The maximum atomic E-state index is 13.1. The number of amides is 2. The molecule has 2 amide bonds. The van der Waals surface area contributed by atoms with Crippen molar-refractivity contribution < 1.29 is 14.3 Å². The van der Waals surface area contributed by atoms with Crippen molar-refractivity contribution in [3.63, 3.8) is 0 Å². The van der Waals surface area contributed by atoms with Crippen LogP contribution in [0.2, 0.25) is 0 Å². The van der Waals surface area contributed by atoms with E-state index in [0.717, 1.165) is 18.4 Å². The van der Waals surface area contributed by atoms with Crippen molar-refractivity contribution in [1.82, 2.24) is 14.7 Å². The highest BCUT2D eigenvalue weighted by atomic mass is 16.5. The Hall–Kier alpha value is -2.67. The Bertz CT molecular complexity index is 960. The number of carbonyl (C=O) groups is 2. The van der Waals surface area contributed by atoms with Gasteiger partial charge in [-0.2, -0.15) is 5.10 Å². The van der Waals surface area contributed by atoms with Gasteiger partial charge in [0, 0.05) is 32.2 Å². The van der Waals surface area contributed by atoms with Gasteiger partial charge in [-0.05, 0) is 29.2 Å². The summed E-state index contributed by atoms with van der Waals surface area (Å²) in [6, 6.07) is 11.4. The summed E-state index contributed by atoms with van der Waals surface area (Å²) in [5, 5.41) is 7.45. The van der Waals surface area contributed by atoms with Crippen LogP contribution in [-0.2, 0) is 14.3 Å². The summed E-state index contributed by atoms with van der Waals surface area (Å²) in [5.74, 6) is 0.793. The van der Waals surface area contributed by atoms with Gasteiger partial charge in [0.15, 0.2) is 6.10 Å². The third kappa shape index (κ3) is 3.83. The fraction of sp³-hybridized carbons (Fsp3) is 0.560. The van der Waals surface area contributed by atoms with Gasteiger partial charge in [0.05, 0.1) is 12.2 Å². The number of methoxy groups -OCH3 is 1. The minimum absolute atomic E-state index is 0.0526. The van der Waals surface area contributed by atoms with E-state index >= 15 is 0 Å². The number of anilines is 1. The van der Waals surface area contributed by atoms with Gasteiger partial charge < -0.3 is 15.0 Å². The molecule has 1 aromatic heterocycles. The average Bonchev–Trinajstić information content (AvgIpc) is 3.06. The first-order valence-electron chi connectivity index (χ1n) is 11.4. The molecule has 32 heavy (non-hydrogen) atoms. The molecule has 7 nitrogen and oxygen atoms in total. The maximum Gasteiger partial charge on any atom is 0.259 e. The topological polar surface area (TPSA) is 76.5 Å². The first-order chi connectivity index (χ1) is 15.2. The van der Waals surface area contributed by atoms with Crippen molar-refractivity contribution in [2.75, 3.05) is 25.5 Å². The van der Waals surface area contributed by atoms with Crippen LogP contribution < -0.4 is 5.32 Å². The quantitative estimate of drug-likeness (QED) is 0.738. The highest BCUT2D eigenvalue weighted by molar-refractivity contribution is 5.94. The lowest BCUT2D eigenvalue weighted by Gasteiger charge is -2.33. The molecule has 2 fully saturated rings. The lowest BCUT2D eigenvalue weighted by Crippen LogP contribution is -2.41. The zero-order valence-electron chi connectivity index (χ0n) is 19.7. The van der Waals surface area contributed by atoms with Crippen LogP contribution in [0.5, 0.6) is 0 Å². The van der Waals surface area contributed by atoms with Gasteiger partial charge in [-0.3, -0.25) is 9.59 Å². The highest BCUT2D eigenvalue weighted by Crippen LogP contribution is 2.68. The van der Waals surface area contributed by atoms with Crippen LogP contribution in [0.15, 0.2) is 42.6 Å². The Kier molecular flexibility index (Phi) is 5.88. The normalized spacial score (nSPS) is 21.2. The van der Waals surface area contributed by atoms with Crippen molar-refractivity contribution in [2.24, 2.45) is 16.7 Å². The SMILES string of the molecule is CO[C@@H](C(=O)Nc1ccnn1C1CCN(C(=O)C2C(C)(C)C2(C)C)CC1)c1ccccc1. The van der Waals surface area contributed by atoms with E-state index in [1.807, 2.05) is 46.0 Å². The number of hydrogen-bond donors (Lipinski definition) is 1. The molecule has 1 saturated carbocycles. The smallest absolute Gasteiger partial charge is 0.259 e. The molecule has 7 heteroatoms. The third-order valence-electron chi connectivity index (χ3n) is 7.89. The second-order valence-corrected chi connectivity index (χ2v) is 10.1. The molecule has 1 saturated heterocycles. The molecule has 2 aromatic rings. The monoisotopic (exact) mass is 438 g/mol. The molecule has 2 aliphatic rings. The van der Waals surface area contributed by atoms with Gasteiger partial charge in [0.2, 0.25) is 5.91 Å². The van der Waals surface area contributed by atoms with Gasteiger partial charge >= 0.3 is 0 Å². The molecule has 0 radical (unpaired) electrons. The summed E-state index contributed by atoms with van der Waals surface area (Å²) in [6.45, 7) is 10.2. The van der Waals surface area contributed by atoms with Crippen molar-refractivity contribution in [3.05, 3.63) is 48.2 Å². The number of aromatic nitrogens is 2. The molecule has 1 N–H and O–H groups in total. The lowest BCUT2D eigenvalue weighted by molar-refractivity contribution is -0.135. The number of nitrogens with one attached hydrogen (secondary N) is 1.